The number of hydrogen-bond acceptors (Lipinski definition) is 4. The highest BCUT2D eigenvalue weighted by molar-refractivity contribution is 5.66. The Labute approximate surface area is 163 Å². The van der Waals surface area contributed by atoms with Crippen molar-refractivity contribution >= 4 is 11.9 Å². The lowest BCUT2D eigenvalue weighted by Crippen LogP contribution is -2.46. The van der Waals surface area contributed by atoms with Crippen LogP contribution < -0.4 is 0 Å². The van der Waals surface area contributed by atoms with E-state index in [4.69, 9.17) is 9.47 Å². The molecule has 0 radical (unpaired) electrons. The number of allylic oxidation sites excluding steroid dienone is 1. The number of carbonyl (C=O) groups excluding carboxylic acids is 2. The summed E-state index contributed by atoms with van der Waals surface area (Å²) in [5, 5.41) is 0. The smallest absolute Gasteiger partial charge is 0.302 e. The number of carbonyl (C=O) groups is 2. The van der Waals surface area contributed by atoms with E-state index in [9.17, 15) is 9.59 Å². The van der Waals surface area contributed by atoms with Gasteiger partial charge in [0.2, 0.25) is 0 Å². The van der Waals surface area contributed by atoms with Crippen molar-refractivity contribution in [2.45, 2.75) is 91.8 Å². The summed E-state index contributed by atoms with van der Waals surface area (Å²) in [6, 6.07) is 0. The molecule has 4 heteroatoms. The Bertz CT molecular complexity index is 694. The van der Waals surface area contributed by atoms with Crippen molar-refractivity contribution in [3.8, 4) is 0 Å². The first-order valence-electron chi connectivity index (χ1n) is 10.7. The highest BCUT2D eigenvalue weighted by Gasteiger charge is 2.62. The zero-order valence-corrected chi connectivity index (χ0v) is 17.5. The Hall–Kier alpha value is -1.32. The van der Waals surface area contributed by atoms with Crippen LogP contribution in [-0.4, -0.2) is 24.1 Å². The van der Waals surface area contributed by atoms with Gasteiger partial charge >= 0.3 is 11.9 Å². The molecule has 0 heterocycles. The van der Waals surface area contributed by atoms with Crippen molar-refractivity contribution in [2.24, 2.45) is 28.6 Å². The van der Waals surface area contributed by atoms with E-state index in [1.807, 2.05) is 0 Å². The molecular weight excluding hydrogens is 340 g/mol. The fourth-order valence-electron chi connectivity index (χ4n) is 7.54. The number of ether oxygens (including phenoxy) is 2. The summed E-state index contributed by atoms with van der Waals surface area (Å²) in [6.07, 6.45) is 7.65. The van der Waals surface area contributed by atoms with Gasteiger partial charge in [0.25, 0.3) is 0 Å². The van der Waals surface area contributed by atoms with E-state index in [-0.39, 0.29) is 35.0 Å². The quantitative estimate of drug-likeness (QED) is 0.514. The van der Waals surface area contributed by atoms with Gasteiger partial charge in [-0.2, -0.15) is 0 Å². The molecule has 0 unspecified atom stereocenters. The van der Waals surface area contributed by atoms with Crippen LogP contribution in [0.1, 0.15) is 79.6 Å². The molecule has 0 aromatic carbocycles. The van der Waals surface area contributed by atoms with Crippen molar-refractivity contribution in [2.75, 3.05) is 0 Å². The number of rotatable bonds is 2. The van der Waals surface area contributed by atoms with Crippen molar-refractivity contribution < 1.29 is 19.1 Å². The summed E-state index contributed by atoms with van der Waals surface area (Å²) in [6.45, 7) is 10.2. The van der Waals surface area contributed by atoms with Gasteiger partial charge < -0.3 is 9.47 Å². The van der Waals surface area contributed by atoms with Crippen LogP contribution in [0.4, 0.5) is 0 Å². The lowest BCUT2D eigenvalue weighted by molar-refractivity contribution is -0.155. The third-order valence-electron chi connectivity index (χ3n) is 8.73. The van der Waals surface area contributed by atoms with Crippen molar-refractivity contribution in [1.82, 2.24) is 0 Å². The number of fused-ring (bicyclic) bond motifs is 5. The minimum atomic E-state index is -0.162. The second kappa shape index (κ2) is 6.35. The van der Waals surface area contributed by atoms with Crippen LogP contribution in [-0.2, 0) is 19.1 Å². The molecule has 0 bridgehead atoms. The molecule has 7 atom stereocenters. The highest BCUT2D eigenvalue weighted by Crippen LogP contribution is 2.68. The zero-order valence-electron chi connectivity index (χ0n) is 17.5. The minimum absolute atomic E-state index is 0.0458. The molecule has 150 valence electrons. The standard InChI is InChI=1S/C23H34O4/c1-13-19-12-16(26-14(2)24)8-10-22(19,4)18-9-11-23(5)17(21(13)18)6-7-20(23)27-15(3)25/h16-18,20-21H,6-12H2,1-5H3/t16-,17-,18-,20-,21-,22+,23+/m0/s1. The summed E-state index contributed by atoms with van der Waals surface area (Å²) in [4.78, 5) is 23.1. The topological polar surface area (TPSA) is 52.6 Å². The normalized spacial score (nSPS) is 45.7. The van der Waals surface area contributed by atoms with Crippen LogP contribution >= 0.6 is 0 Å². The van der Waals surface area contributed by atoms with Crippen LogP contribution in [0.5, 0.6) is 0 Å². The van der Waals surface area contributed by atoms with Crippen molar-refractivity contribution in [3.63, 3.8) is 0 Å². The molecule has 0 saturated heterocycles. The first-order valence-corrected chi connectivity index (χ1v) is 10.7. The second-order valence-corrected chi connectivity index (χ2v) is 10.0. The lowest BCUT2D eigenvalue weighted by atomic mass is 9.54. The summed E-state index contributed by atoms with van der Waals surface area (Å²) < 4.78 is 11.3. The van der Waals surface area contributed by atoms with E-state index in [1.54, 1.807) is 11.1 Å². The van der Waals surface area contributed by atoms with E-state index in [2.05, 4.69) is 20.8 Å². The predicted molar refractivity (Wildman–Crippen MR) is 103 cm³/mol. The molecule has 0 amide bonds. The van der Waals surface area contributed by atoms with Gasteiger partial charge in [-0.3, -0.25) is 9.59 Å². The first-order chi connectivity index (χ1) is 12.7. The third-order valence-corrected chi connectivity index (χ3v) is 8.73. The van der Waals surface area contributed by atoms with E-state index in [0.29, 0.717) is 17.8 Å². The average Bonchev–Trinajstić information content (AvgIpc) is 3.01. The minimum Gasteiger partial charge on any atom is -0.462 e. The van der Waals surface area contributed by atoms with Gasteiger partial charge in [0.1, 0.15) is 12.2 Å². The zero-order chi connectivity index (χ0) is 19.6. The van der Waals surface area contributed by atoms with Crippen molar-refractivity contribution in [1.29, 1.82) is 0 Å². The van der Waals surface area contributed by atoms with Gasteiger partial charge in [-0.15, -0.1) is 0 Å². The van der Waals surface area contributed by atoms with E-state index >= 15 is 0 Å². The fourth-order valence-corrected chi connectivity index (χ4v) is 7.54. The van der Waals surface area contributed by atoms with Crippen LogP contribution in [0.3, 0.4) is 0 Å². The Morgan fingerprint density at radius 2 is 1.63 bits per heavy atom. The summed E-state index contributed by atoms with van der Waals surface area (Å²) >= 11 is 0. The summed E-state index contributed by atoms with van der Waals surface area (Å²) in [5.74, 6) is 1.59. The molecule has 4 rings (SSSR count). The van der Waals surface area contributed by atoms with Crippen LogP contribution in [0.25, 0.3) is 0 Å². The van der Waals surface area contributed by atoms with Gasteiger partial charge in [0, 0.05) is 25.7 Å². The lowest BCUT2D eigenvalue weighted by Gasteiger charge is -2.50. The second-order valence-electron chi connectivity index (χ2n) is 10.0. The van der Waals surface area contributed by atoms with Gasteiger partial charge in [-0.05, 0) is 68.6 Å². The number of hydrogen-bond donors (Lipinski definition) is 0. The monoisotopic (exact) mass is 374 g/mol. The first kappa shape index (κ1) is 19.0. The molecule has 0 spiro atoms. The molecular formula is C23H34O4. The Morgan fingerprint density at radius 1 is 0.926 bits per heavy atom. The highest BCUT2D eigenvalue weighted by atomic mass is 16.5. The van der Waals surface area contributed by atoms with Crippen molar-refractivity contribution in [3.05, 3.63) is 11.1 Å². The Balaban J connectivity index is 1.64. The molecule has 0 aliphatic heterocycles. The van der Waals surface area contributed by atoms with E-state index in [1.165, 1.54) is 20.3 Å². The van der Waals surface area contributed by atoms with Crippen LogP contribution in [0, 0.1) is 28.6 Å². The van der Waals surface area contributed by atoms with E-state index < -0.39 is 0 Å². The van der Waals surface area contributed by atoms with Gasteiger partial charge in [0.15, 0.2) is 0 Å². The Kier molecular flexibility index (Phi) is 4.47. The maximum absolute atomic E-state index is 11.6. The maximum atomic E-state index is 11.6. The average molecular weight is 375 g/mol. The van der Waals surface area contributed by atoms with Crippen LogP contribution in [0.2, 0.25) is 0 Å². The summed E-state index contributed by atoms with van der Waals surface area (Å²) in [7, 11) is 0. The molecule has 3 saturated carbocycles. The van der Waals surface area contributed by atoms with Crippen LogP contribution in [0.15, 0.2) is 11.1 Å². The van der Waals surface area contributed by atoms with Gasteiger partial charge in [-0.1, -0.05) is 25.0 Å². The molecule has 3 fully saturated rings. The summed E-state index contributed by atoms with van der Waals surface area (Å²) in [5.41, 5.74) is 3.48. The maximum Gasteiger partial charge on any atom is 0.302 e. The fraction of sp³-hybridized carbons (Fsp3) is 0.826. The predicted octanol–water partition coefficient (Wildman–Crippen LogP) is 4.81. The largest absolute Gasteiger partial charge is 0.462 e. The Morgan fingerprint density at radius 3 is 2.30 bits per heavy atom. The molecule has 4 nitrogen and oxygen atoms in total. The molecule has 0 aromatic rings. The molecule has 27 heavy (non-hydrogen) atoms. The van der Waals surface area contributed by atoms with E-state index in [0.717, 1.165) is 38.5 Å². The number of esters is 2. The SMILES string of the molecule is CC(=O)O[C@H]1CC[C@@]2(C)C(=C(C)[C@H]3[C@@H]4CC[C@H](OC(C)=O)[C@]4(C)CC[C@@H]32)C1. The molecule has 4 aliphatic rings. The third kappa shape index (κ3) is 2.77. The van der Waals surface area contributed by atoms with Gasteiger partial charge in [-0.25, -0.2) is 0 Å². The molecule has 0 aromatic heterocycles. The van der Waals surface area contributed by atoms with Gasteiger partial charge in [0.05, 0.1) is 0 Å². The molecule has 0 N–H and O–H groups in total. The molecule has 4 aliphatic carbocycles.